The van der Waals surface area contributed by atoms with Crippen LogP contribution in [0.15, 0.2) is 60.8 Å². The summed E-state index contributed by atoms with van der Waals surface area (Å²) in [6.07, 6.45) is 92.4. The molecule has 91 heavy (non-hydrogen) atoms. The highest BCUT2D eigenvalue weighted by molar-refractivity contribution is 5.76. The third-order valence-corrected chi connectivity index (χ3v) is 19.0. The maximum Gasteiger partial charge on any atom is 0.220 e. The Morgan fingerprint density at radius 3 is 0.989 bits per heavy atom. The summed E-state index contributed by atoms with van der Waals surface area (Å²) in [6.45, 7) is 3.80. The maximum absolute atomic E-state index is 13.2. The summed E-state index contributed by atoms with van der Waals surface area (Å²) in [6, 6.07) is -0.830. The highest BCUT2D eigenvalue weighted by Gasteiger charge is 2.44. The molecule has 1 heterocycles. The molecule has 0 bridgehead atoms. The van der Waals surface area contributed by atoms with Crippen LogP contribution in [0.3, 0.4) is 0 Å². The van der Waals surface area contributed by atoms with Gasteiger partial charge in [0.05, 0.1) is 25.4 Å². The highest BCUT2D eigenvalue weighted by Crippen LogP contribution is 2.24. The first-order valence-electron chi connectivity index (χ1n) is 40.0. The van der Waals surface area contributed by atoms with Crippen molar-refractivity contribution in [2.24, 2.45) is 0 Å². The van der Waals surface area contributed by atoms with Gasteiger partial charge >= 0.3 is 0 Å². The lowest BCUT2D eigenvalue weighted by Gasteiger charge is -2.40. The van der Waals surface area contributed by atoms with Gasteiger partial charge in [-0.15, -0.1) is 0 Å². The number of rotatable bonds is 71. The van der Waals surface area contributed by atoms with E-state index in [1.165, 1.54) is 327 Å². The molecule has 6 N–H and O–H groups in total. The zero-order valence-electron chi connectivity index (χ0n) is 60.1. The van der Waals surface area contributed by atoms with Crippen molar-refractivity contribution in [1.82, 2.24) is 5.32 Å². The first kappa shape index (κ1) is 86.9. The molecule has 1 aliphatic rings. The summed E-state index contributed by atoms with van der Waals surface area (Å²) >= 11 is 0. The molecule has 1 aliphatic heterocycles. The van der Waals surface area contributed by atoms with Gasteiger partial charge in [-0.25, -0.2) is 0 Å². The maximum atomic E-state index is 13.2. The van der Waals surface area contributed by atoms with E-state index >= 15 is 0 Å². The molecule has 1 amide bonds. The average molecular weight is 1280 g/mol. The number of allylic oxidation sites excluding steroid dienone is 9. The van der Waals surface area contributed by atoms with E-state index in [4.69, 9.17) is 9.47 Å². The molecular formula is C82H153NO8. The van der Waals surface area contributed by atoms with Crippen LogP contribution in [0.4, 0.5) is 0 Å². The number of hydrogen-bond donors (Lipinski definition) is 6. The Hall–Kier alpha value is -2.11. The molecule has 0 spiro atoms. The predicted molar refractivity (Wildman–Crippen MR) is 392 cm³/mol. The van der Waals surface area contributed by atoms with Gasteiger partial charge < -0.3 is 40.3 Å². The molecule has 7 unspecified atom stereocenters. The van der Waals surface area contributed by atoms with E-state index in [1.807, 2.05) is 6.08 Å². The Balaban J connectivity index is 2.08. The van der Waals surface area contributed by atoms with Crippen LogP contribution in [0.2, 0.25) is 0 Å². The largest absolute Gasteiger partial charge is 0.394 e. The van der Waals surface area contributed by atoms with E-state index < -0.39 is 49.5 Å². The van der Waals surface area contributed by atoms with Gasteiger partial charge in [0.15, 0.2) is 6.29 Å². The monoisotopic (exact) mass is 1280 g/mol. The van der Waals surface area contributed by atoms with Crippen molar-refractivity contribution < 1.29 is 39.8 Å². The molecule has 1 rings (SSSR count). The molecule has 0 aromatic heterocycles. The SMILES string of the molecule is CCCCCCC/C=C\C/C=C\CCCCCCCCCCCCCCCCCCCCCCCCCCCCCC(=O)NC(COC1OC(CO)C(O)C(O)C1O)C(O)/C=C/CC/C=C/CC/C=C/CCCCCCCCCCCCCCCCCCCCC. The lowest BCUT2D eigenvalue weighted by Crippen LogP contribution is -2.60. The molecule has 7 atom stereocenters. The van der Waals surface area contributed by atoms with Crippen LogP contribution >= 0.6 is 0 Å². The molecule has 0 aliphatic carbocycles. The highest BCUT2D eigenvalue weighted by atomic mass is 16.7. The van der Waals surface area contributed by atoms with Crippen molar-refractivity contribution in [1.29, 1.82) is 0 Å². The number of ether oxygens (including phenoxy) is 2. The Morgan fingerprint density at radius 1 is 0.374 bits per heavy atom. The summed E-state index contributed by atoms with van der Waals surface area (Å²) in [5, 5.41) is 54.8. The molecular weight excluding hydrogens is 1130 g/mol. The van der Waals surface area contributed by atoms with Gasteiger partial charge in [0.1, 0.15) is 24.4 Å². The van der Waals surface area contributed by atoms with Crippen LogP contribution in [0.25, 0.3) is 0 Å². The van der Waals surface area contributed by atoms with Crippen molar-refractivity contribution in [2.75, 3.05) is 13.2 Å². The van der Waals surface area contributed by atoms with Gasteiger partial charge in [-0.3, -0.25) is 4.79 Å². The Labute approximate surface area is 564 Å². The van der Waals surface area contributed by atoms with Crippen LogP contribution in [0.1, 0.15) is 399 Å². The zero-order chi connectivity index (χ0) is 65.7. The number of carbonyl (C=O) groups is 1. The Morgan fingerprint density at radius 2 is 0.659 bits per heavy atom. The lowest BCUT2D eigenvalue weighted by atomic mass is 9.99. The van der Waals surface area contributed by atoms with E-state index in [0.717, 1.165) is 51.4 Å². The Kier molecular flexibility index (Phi) is 67.5. The van der Waals surface area contributed by atoms with Crippen molar-refractivity contribution in [3.05, 3.63) is 60.8 Å². The minimum absolute atomic E-state index is 0.183. The van der Waals surface area contributed by atoms with E-state index in [2.05, 4.69) is 67.8 Å². The van der Waals surface area contributed by atoms with Gasteiger partial charge in [0.25, 0.3) is 0 Å². The van der Waals surface area contributed by atoms with E-state index in [-0.39, 0.29) is 12.5 Å². The van der Waals surface area contributed by atoms with Gasteiger partial charge in [-0.05, 0) is 77.0 Å². The fourth-order valence-electron chi connectivity index (χ4n) is 12.8. The standard InChI is InChI=1S/C82H153NO8/c1-3-5-7-9-11-13-15-17-19-21-23-25-27-29-31-33-34-35-36-37-38-39-40-41-42-44-46-48-50-52-54-56-58-60-62-64-66-68-70-72-78(86)83-75(74-90-82-81(89)80(88)79(87)77(73-84)91-82)76(85)71-69-67-65-63-61-59-57-55-53-51-49-47-45-43-32-30-28-26-24-22-20-18-16-14-12-10-8-6-4-2/h15,17,21,23,53,55,61,63,69,71,75-77,79-82,84-85,87-89H,3-14,16,18-20,22,24-52,54,56-60,62,64-68,70,72-74H2,1-2H3,(H,83,86)/b17-15-,23-21-,55-53+,63-61+,71-69+. The van der Waals surface area contributed by atoms with E-state index in [0.29, 0.717) is 6.42 Å². The molecule has 0 aromatic carbocycles. The van der Waals surface area contributed by atoms with Gasteiger partial charge in [-0.1, -0.05) is 376 Å². The molecule has 0 aromatic rings. The molecule has 1 saturated heterocycles. The number of aliphatic hydroxyl groups excluding tert-OH is 5. The van der Waals surface area contributed by atoms with Crippen molar-refractivity contribution >= 4 is 5.91 Å². The molecule has 9 nitrogen and oxygen atoms in total. The fourth-order valence-corrected chi connectivity index (χ4v) is 12.8. The van der Waals surface area contributed by atoms with E-state index in [1.54, 1.807) is 6.08 Å². The Bertz CT molecular complexity index is 1630. The van der Waals surface area contributed by atoms with Crippen LogP contribution in [0, 0.1) is 0 Å². The lowest BCUT2D eigenvalue weighted by molar-refractivity contribution is -0.302. The minimum atomic E-state index is -1.58. The number of unbranched alkanes of at least 4 members (excludes halogenated alkanes) is 53. The third-order valence-electron chi connectivity index (χ3n) is 19.0. The van der Waals surface area contributed by atoms with Crippen LogP contribution in [0.5, 0.6) is 0 Å². The van der Waals surface area contributed by atoms with Crippen LogP contribution < -0.4 is 5.32 Å². The average Bonchev–Trinajstić information content (AvgIpc) is 1.33. The molecule has 1 fully saturated rings. The molecule has 0 radical (unpaired) electrons. The molecule has 534 valence electrons. The minimum Gasteiger partial charge on any atom is -0.394 e. The van der Waals surface area contributed by atoms with Crippen molar-refractivity contribution in [3.8, 4) is 0 Å². The number of aliphatic hydroxyl groups is 5. The summed E-state index contributed by atoms with van der Waals surface area (Å²) in [5.41, 5.74) is 0. The summed E-state index contributed by atoms with van der Waals surface area (Å²) in [7, 11) is 0. The topological polar surface area (TPSA) is 149 Å². The number of hydrogen-bond acceptors (Lipinski definition) is 8. The summed E-state index contributed by atoms with van der Waals surface area (Å²) in [5.74, 6) is -0.183. The van der Waals surface area contributed by atoms with Crippen molar-refractivity contribution in [2.45, 2.75) is 442 Å². The van der Waals surface area contributed by atoms with Gasteiger partial charge in [0.2, 0.25) is 5.91 Å². The second-order valence-corrected chi connectivity index (χ2v) is 27.8. The zero-order valence-corrected chi connectivity index (χ0v) is 60.1. The van der Waals surface area contributed by atoms with E-state index in [9.17, 15) is 30.3 Å². The third kappa shape index (κ3) is 58.9. The number of amides is 1. The van der Waals surface area contributed by atoms with Gasteiger partial charge in [-0.2, -0.15) is 0 Å². The summed E-state index contributed by atoms with van der Waals surface area (Å²) < 4.78 is 11.3. The molecule has 9 heteroatoms. The molecule has 0 saturated carbocycles. The number of nitrogens with one attached hydrogen (secondary N) is 1. The fraction of sp³-hybridized carbons (Fsp3) is 0.866. The predicted octanol–water partition coefficient (Wildman–Crippen LogP) is 22.9. The quantitative estimate of drug-likeness (QED) is 0.0261. The summed E-state index contributed by atoms with van der Waals surface area (Å²) in [4.78, 5) is 13.2. The normalized spacial score (nSPS) is 18.0. The first-order chi connectivity index (χ1) is 44.8. The second kappa shape index (κ2) is 70.7. The first-order valence-corrected chi connectivity index (χ1v) is 40.0. The van der Waals surface area contributed by atoms with Gasteiger partial charge in [0, 0.05) is 6.42 Å². The smallest absolute Gasteiger partial charge is 0.220 e. The van der Waals surface area contributed by atoms with Crippen molar-refractivity contribution in [3.63, 3.8) is 0 Å². The second-order valence-electron chi connectivity index (χ2n) is 27.8. The van der Waals surface area contributed by atoms with Crippen LogP contribution in [-0.4, -0.2) is 87.5 Å². The number of carbonyl (C=O) groups excluding carboxylic acids is 1. The van der Waals surface area contributed by atoms with Crippen LogP contribution in [-0.2, 0) is 14.3 Å².